The third kappa shape index (κ3) is 3.51. The van der Waals surface area contributed by atoms with Gasteiger partial charge in [0.15, 0.2) is 0 Å². The Hall–Kier alpha value is -1.24. The average Bonchev–Trinajstić information content (AvgIpc) is 2.97. The maximum atomic E-state index is 10.7. The summed E-state index contributed by atoms with van der Waals surface area (Å²) in [6.45, 7) is 2.72. The van der Waals surface area contributed by atoms with E-state index in [0.29, 0.717) is 12.5 Å². The summed E-state index contributed by atoms with van der Waals surface area (Å²) in [7, 11) is 0. The Morgan fingerprint density at radius 1 is 1.52 bits per heavy atom. The number of hydrogen-bond donors (Lipinski definition) is 1. The number of aromatic nitrogens is 1. The first kappa shape index (κ1) is 14.7. The average molecular weight is 323 g/mol. The van der Waals surface area contributed by atoms with E-state index < -0.39 is 5.97 Å². The SMILES string of the molecule is CCOC(c1nc(-c2ccc(CC(=O)O)s2)cs1)C1CC1. The smallest absolute Gasteiger partial charge is 0.308 e. The molecule has 0 spiro atoms. The molecule has 1 aliphatic carbocycles. The lowest BCUT2D eigenvalue weighted by Gasteiger charge is -2.12. The van der Waals surface area contributed by atoms with Gasteiger partial charge < -0.3 is 9.84 Å². The zero-order valence-corrected chi connectivity index (χ0v) is 13.4. The normalized spacial score (nSPS) is 16.0. The Morgan fingerprint density at radius 3 is 3.00 bits per heavy atom. The number of ether oxygens (including phenoxy) is 1. The van der Waals surface area contributed by atoms with E-state index in [2.05, 4.69) is 0 Å². The van der Waals surface area contributed by atoms with Crippen LogP contribution in [0.1, 0.15) is 35.8 Å². The standard InChI is InChI=1S/C15H17NO3S2/c1-2-19-14(9-3-4-9)15-16-11(8-20-15)12-6-5-10(21-12)7-13(17)18/h5-6,8-9,14H,2-4,7H2,1H3,(H,17,18). The van der Waals surface area contributed by atoms with Crippen LogP contribution in [0.5, 0.6) is 0 Å². The molecule has 2 aromatic heterocycles. The molecule has 4 nitrogen and oxygen atoms in total. The fourth-order valence-electron chi connectivity index (χ4n) is 2.28. The monoisotopic (exact) mass is 323 g/mol. The molecule has 2 heterocycles. The van der Waals surface area contributed by atoms with E-state index in [1.165, 1.54) is 24.2 Å². The Morgan fingerprint density at radius 2 is 2.33 bits per heavy atom. The minimum atomic E-state index is -0.799. The largest absolute Gasteiger partial charge is 0.481 e. The summed E-state index contributed by atoms with van der Waals surface area (Å²) in [5, 5.41) is 11.9. The number of thiophene rings is 1. The fourth-order valence-corrected chi connectivity index (χ4v) is 4.27. The highest BCUT2D eigenvalue weighted by molar-refractivity contribution is 7.16. The van der Waals surface area contributed by atoms with Gasteiger partial charge in [-0.2, -0.15) is 0 Å². The molecule has 112 valence electrons. The number of rotatable bonds is 7. The number of aliphatic carboxylic acids is 1. The zero-order valence-electron chi connectivity index (χ0n) is 11.7. The second kappa shape index (κ2) is 6.25. The van der Waals surface area contributed by atoms with Crippen molar-refractivity contribution in [2.24, 2.45) is 5.92 Å². The molecule has 2 aromatic rings. The van der Waals surface area contributed by atoms with Crippen LogP contribution in [0.4, 0.5) is 0 Å². The summed E-state index contributed by atoms with van der Waals surface area (Å²) < 4.78 is 5.83. The Labute approximate surface area is 131 Å². The van der Waals surface area contributed by atoms with Crippen molar-refractivity contribution in [3.63, 3.8) is 0 Å². The molecular formula is C15H17NO3S2. The molecule has 0 radical (unpaired) electrons. The predicted octanol–water partition coefficient (Wildman–Crippen LogP) is 3.99. The summed E-state index contributed by atoms with van der Waals surface area (Å²) >= 11 is 3.14. The van der Waals surface area contributed by atoms with Crippen molar-refractivity contribution in [3.05, 3.63) is 27.4 Å². The first-order chi connectivity index (χ1) is 10.2. The fraction of sp³-hybridized carbons (Fsp3) is 0.467. The van der Waals surface area contributed by atoms with E-state index in [1.807, 2.05) is 24.4 Å². The van der Waals surface area contributed by atoms with Gasteiger partial charge in [-0.15, -0.1) is 22.7 Å². The summed E-state index contributed by atoms with van der Waals surface area (Å²) in [6.07, 6.45) is 2.65. The molecule has 0 amide bonds. The van der Waals surface area contributed by atoms with Gasteiger partial charge in [0, 0.05) is 16.9 Å². The van der Waals surface area contributed by atoms with E-state index in [1.54, 1.807) is 11.3 Å². The maximum absolute atomic E-state index is 10.7. The van der Waals surface area contributed by atoms with Gasteiger partial charge in [0.2, 0.25) is 0 Å². The van der Waals surface area contributed by atoms with Crippen LogP contribution in [0.2, 0.25) is 0 Å². The summed E-state index contributed by atoms with van der Waals surface area (Å²) in [5.74, 6) is -0.178. The molecule has 1 saturated carbocycles. The van der Waals surface area contributed by atoms with Crippen LogP contribution in [0, 0.1) is 5.92 Å². The van der Waals surface area contributed by atoms with Crippen LogP contribution >= 0.6 is 22.7 Å². The molecule has 0 aliphatic heterocycles. The highest BCUT2D eigenvalue weighted by atomic mass is 32.1. The topological polar surface area (TPSA) is 59.4 Å². The predicted molar refractivity (Wildman–Crippen MR) is 83.9 cm³/mol. The molecule has 0 aromatic carbocycles. The molecule has 1 fully saturated rings. The van der Waals surface area contributed by atoms with E-state index >= 15 is 0 Å². The highest BCUT2D eigenvalue weighted by Gasteiger charge is 2.34. The van der Waals surface area contributed by atoms with Crippen molar-refractivity contribution < 1.29 is 14.6 Å². The molecular weight excluding hydrogens is 306 g/mol. The molecule has 6 heteroatoms. The molecule has 3 rings (SSSR count). The second-order valence-corrected chi connectivity index (χ2v) is 7.18. The molecule has 0 bridgehead atoms. The lowest BCUT2D eigenvalue weighted by Crippen LogP contribution is -2.05. The first-order valence-electron chi connectivity index (χ1n) is 7.05. The zero-order chi connectivity index (χ0) is 14.8. The van der Waals surface area contributed by atoms with Crippen LogP contribution in [-0.4, -0.2) is 22.7 Å². The third-order valence-electron chi connectivity index (χ3n) is 3.40. The quantitative estimate of drug-likeness (QED) is 0.837. The highest BCUT2D eigenvalue weighted by Crippen LogP contribution is 2.45. The number of carboxylic acids is 1. The molecule has 1 aliphatic rings. The Balaban J connectivity index is 1.77. The lowest BCUT2D eigenvalue weighted by atomic mass is 10.2. The van der Waals surface area contributed by atoms with Gasteiger partial charge in [0.25, 0.3) is 0 Å². The van der Waals surface area contributed by atoms with Gasteiger partial charge in [-0.3, -0.25) is 4.79 Å². The van der Waals surface area contributed by atoms with Gasteiger partial charge in [-0.1, -0.05) is 0 Å². The van der Waals surface area contributed by atoms with E-state index in [9.17, 15) is 4.79 Å². The number of nitrogens with zero attached hydrogens (tertiary/aromatic N) is 1. The van der Waals surface area contributed by atoms with Gasteiger partial charge in [0.1, 0.15) is 11.1 Å². The molecule has 1 atom stereocenters. The minimum absolute atomic E-state index is 0.0747. The molecule has 21 heavy (non-hydrogen) atoms. The van der Waals surface area contributed by atoms with Crippen LogP contribution in [0.25, 0.3) is 10.6 Å². The second-order valence-electron chi connectivity index (χ2n) is 5.12. The Bertz CT molecular complexity index is 630. The van der Waals surface area contributed by atoms with Crippen molar-refractivity contribution in [2.75, 3.05) is 6.61 Å². The molecule has 0 saturated heterocycles. The molecule has 1 N–H and O–H groups in total. The summed E-state index contributed by atoms with van der Waals surface area (Å²) in [5.41, 5.74) is 0.932. The van der Waals surface area contributed by atoms with E-state index in [-0.39, 0.29) is 12.5 Å². The first-order valence-corrected chi connectivity index (χ1v) is 8.75. The van der Waals surface area contributed by atoms with Gasteiger partial charge >= 0.3 is 5.97 Å². The maximum Gasteiger partial charge on any atom is 0.308 e. The third-order valence-corrected chi connectivity index (χ3v) is 5.42. The number of carboxylic acid groups (broad SMARTS) is 1. The van der Waals surface area contributed by atoms with Crippen molar-refractivity contribution >= 4 is 28.6 Å². The van der Waals surface area contributed by atoms with Crippen LogP contribution in [-0.2, 0) is 16.0 Å². The molecule has 1 unspecified atom stereocenters. The minimum Gasteiger partial charge on any atom is -0.481 e. The van der Waals surface area contributed by atoms with Crippen molar-refractivity contribution in [3.8, 4) is 10.6 Å². The van der Waals surface area contributed by atoms with Crippen LogP contribution < -0.4 is 0 Å². The Kier molecular flexibility index (Phi) is 4.37. The lowest BCUT2D eigenvalue weighted by molar-refractivity contribution is -0.136. The summed E-state index contributed by atoms with van der Waals surface area (Å²) in [6, 6.07) is 3.82. The van der Waals surface area contributed by atoms with E-state index in [4.69, 9.17) is 14.8 Å². The number of thiazole rings is 1. The van der Waals surface area contributed by atoms with Crippen LogP contribution in [0.3, 0.4) is 0 Å². The van der Waals surface area contributed by atoms with Crippen molar-refractivity contribution in [1.82, 2.24) is 4.98 Å². The van der Waals surface area contributed by atoms with Gasteiger partial charge in [-0.25, -0.2) is 4.98 Å². The van der Waals surface area contributed by atoms with Gasteiger partial charge in [0.05, 0.1) is 17.0 Å². The van der Waals surface area contributed by atoms with E-state index in [0.717, 1.165) is 20.5 Å². The van der Waals surface area contributed by atoms with Crippen LogP contribution in [0.15, 0.2) is 17.5 Å². The van der Waals surface area contributed by atoms with Gasteiger partial charge in [-0.05, 0) is 37.8 Å². The number of hydrogen-bond acceptors (Lipinski definition) is 5. The summed E-state index contributed by atoms with van der Waals surface area (Å²) in [4.78, 5) is 17.3. The van der Waals surface area contributed by atoms with Crippen molar-refractivity contribution in [2.45, 2.75) is 32.3 Å². The number of carbonyl (C=O) groups is 1. The van der Waals surface area contributed by atoms with Crippen molar-refractivity contribution in [1.29, 1.82) is 0 Å².